The van der Waals surface area contributed by atoms with E-state index in [1.165, 1.54) is 18.4 Å². The lowest BCUT2D eigenvalue weighted by atomic mass is 9.82. The largest absolute Gasteiger partial charge is 0.497 e. The molecule has 0 saturated carbocycles. The van der Waals surface area contributed by atoms with Crippen molar-refractivity contribution in [2.75, 3.05) is 18.6 Å². The maximum absolute atomic E-state index is 13.9. The number of imide groups is 1. The van der Waals surface area contributed by atoms with Crippen LogP contribution >= 0.6 is 23.1 Å². The van der Waals surface area contributed by atoms with Gasteiger partial charge in [-0.2, -0.15) is 0 Å². The molecule has 1 aliphatic heterocycles. The normalized spacial score (nSPS) is 19.5. The van der Waals surface area contributed by atoms with Gasteiger partial charge in [-0.1, -0.05) is 36.4 Å². The first-order valence-corrected chi connectivity index (χ1v) is 11.1. The van der Waals surface area contributed by atoms with E-state index >= 15 is 0 Å². The van der Waals surface area contributed by atoms with Crippen LogP contribution in [0.15, 0.2) is 72.1 Å². The van der Waals surface area contributed by atoms with Gasteiger partial charge in [0.1, 0.15) is 10.5 Å². The van der Waals surface area contributed by atoms with E-state index in [0.717, 1.165) is 16.7 Å². The Hall–Kier alpha value is -3.17. The third-order valence-electron chi connectivity index (χ3n) is 5.19. The average Bonchev–Trinajstić information content (AvgIpc) is 3.40. The van der Waals surface area contributed by atoms with Crippen molar-refractivity contribution in [1.82, 2.24) is 0 Å². The molecule has 0 radical (unpaired) electrons. The van der Waals surface area contributed by atoms with Gasteiger partial charge in [0.2, 0.25) is 6.54 Å². The fourth-order valence-electron chi connectivity index (χ4n) is 3.78. The lowest BCUT2D eigenvalue weighted by molar-refractivity contribution is -0.484. The van der Waals surface area contributed by atoms with Crippen molar-refractivity contribution in [2.45, 2.75) is 10.7 Å². The zero-order chi connectivity index (χ0) is 22.0. The van der Waals surface area contributed by atoms with Crippen LogP contribution in [-0.2, 0) is 9.54 Å². The van der Waals surface area contributed by atoms with Crippen LogP contribution in [-0.4, -0.2) is 29.7 Å². The number of rotatable bonds is 7. The Morgan fingerprint density at radius 2 is 1.77 bits per heavy atom. The quantitative estimate of drug-likeness (QED) is 0.372. The highest BCUT2D eigenvalue weighted by atomic mass is 32.2. The lowest BCUT2D eigenvalue weighted by Crippen LogP contribution is -2.43. The second-order valence-corrected chi connectivity index (χ2v) is 9.07. The molecule has 1 saturated heterocycles. The molecule has 0 spiro atoms. The SMILES string of the molecule is COc1ccc(N2C(=O)S[C@](c3ccccc3)([C@@H](C[N+](=O)[O-])c3cccs3)C2=O)cc1. The third-order valence-corrected chi connectivity index (χ3v) is 7.55. The predicted octanol–water partition coefficient (Wildman–Crippen LogP) is 4.91. The highest BCUT2D eigenvalue weighted by Gasteiger charge is 2.60. The molecule has 2 amide bonds. The minimum Gasteiger partial charge on any atom is -0.497 e. The Morgan fingerprint density at radius 1 is 1.06 bits per heavy atom. The molecule has 158 valence electrons. The van der Waals surface area contributed by atoms with E-state index < -0.39 is 33.3 Å². The van der Waals surface area contributed by atoms with Crippen LogP contribution in [0.3, 0.4) is 0 Å². The maximum atomic E-state index is 13.9. The molecule has 4 rings (SSSR count). The number of ether oxygens (including phenoxy) is 1. The van der Waals surface area contributed by atoms with Crippen LogP contribution in [0.5, 0.6) is 5.75 Å². The summed E-state index contributed by atoms with van der Waals surface area (Å²) >= 11 is 2.19. The second-order valence-electron chi connectivity index (χ2n) is 6.89. The summed E-state index contributed by atoms with van der Waals surface area (Å²) in [5, 5.41) is 13.0. The van der Waals surface area contributed by atoms with Crippen LogP contribution in [0.25, 0.3) is 0 Å². The molecule has 1 fully saturated rings. The summed E-state index contributed by atoms with van der Waals surface area (Å²) in [5.74, 6) is -0.705. The summed E-state index contributed by atoms with van der Waals surface area (Å²) in [6.45, 7) is -0.474. The van der Waals surface area contributed by atoms with E-state index in [1.54, 1.807) is 66.7 Å². The van der Waals surface area contributed by atoms with Gasteiger partial charge in [0.15, 0.2) is 0 Å². The fourth-order valence-corrected chi connectivity index (χ4v) is 6.07. The molecule has 1 aromatic heterocycles. The number of thiophene rings is 1. The fraction of sp³-hybridized carbons (Fsp3) is 0.182. The van der Waals surface area contributed by atoms with Gasteiger partial charge in [-0.05, 0) is 53.0 Å². The molecule has 3 aromatic rings. The van der Waals surface area contributed by atoms with Crippen molar-refractivity contribution in [3.8, 4) is 5.75 Å². The van der Waals surface area contributed by atoms with Crippen LogP contribution in [0, 0.1) is 10.1 Å². The Kier molecular flexibility index (Phi) is 5.79. The number of benzene rings is 2. The molecule has 1 aliphatic rings. The van der Waals surface area contributed by atoms with Gasteiger partial charge < -0.3 is 4.74 Å². The van der Waals surface area contributed by atoms with E-state index in [9.17, 15) is 19.7 Å². The Labute approximate surface area is 186 Å². The van der Waals surface area contributed by atoms with Gasteiger partial charge in [0, 0.05) is 9.80 Å². The molecular weight excluding hydrogens is 436 g/mol. The zero-order valence-electron chi connectivity index (χ0n) is 16.5. The highest BCUT2D eigenvalue weighted by Crippen LogP contribution is 2.55. The predicted molar refractivity (Wildman–Crippen MR) is 121 cm³/mol. The van der Waals surface area contributed by atoms with Crippen molar-refractivity contribution < 1.29 is 19.2 Å². The highest BCUT2D eigenvalue weighted by molar-refractivity contribution is 8.16. The summed E-state index contributed by atoms with van der Waals surface area (Å²) in [6.07, 6.45) is 0. The van der Waals surface area contributed by atoms with Crippen molar-refractivity contribution >= 4 is 39.9 Å². The van der Waals surface area contributed by atoms with Gasteiger partial charge in [-0.25, -0.2) is 4.90 Å². The number of hydrogen-bond donors (Lipinski definition) is 0. The van der Waals surface area contributed by atoms with E-state index in [0.29, 0.717) is 21.9 Å². The van der Waals surface area contributed by atoms with Crippen LogP contribution in [0.1, 0.15) is 16.4 Å². The Bertz CT molecular complexity index is 1100. The molecule has 2 atom stereocenters. The van der Waals surface area contributed by atoms with Gasteiger partial charge >= 0.3 is 0 Å². The molecular formula is C22H18N2O5S2. The number of hydrogen-bond acceptors (Lipinski definition) is 7. The van der Waals surface area contributed by atoms with Crippen LogP contribution in [0.4, 0.5) is 10.5 Å². The number of anilines is 1. The van der Waals surface area contributed by atoms with Crippen molar-refractivity contribution in [2.24, 2.45) is 0 Å². The minimum atomic E-state index is -1.45. The first kappa shape index (κ1) is 21.1. The molecule has 31 heavy (non-hydrogen) atoms. The summed E-state index contributed by atoms with van der Waals surface area (Å²) < 4.78 is 3.71. The molecule has 7 nitrogen and oxygen atoms in total. The lowest BCUT2D eigenvalue weighted by Gasteiger charge is -2.32. The maximum Gasteiger partial charge on any atom is 0.294 e. The molecule has 0 bridgehead atoms. The average molecular weight is 455 g/mol. The van der Waals surface area contributed by atoms with Gasteiger partial charge in [0.25, 0.3) is 11.1 Å². The molecule has 2 heterocycles. The van der Waals surface area contributed by atoms with Gasteiger partial charge in [0.05, 0.1) is 18.7 Å². The van der Waals surface area contributed by atoms with Crippen LogP contribution in [0.2, 0.25) is 0 Å². The topological polar surface area (TPSA) is 89.8 Å². The number of nitrogens with zero attached hydrogens (tertiary/aromatic N) is 2. The van der Waals surface area contributed by atoms with E-state index in [-0.39, 0.29) is 0 Å². The molecule has 0 unspecified atom stereocenters. The zero-order valence-corrected chi connectivity index (χ0v) is 18.1. The number of carbonyl (C=O) groups is 2. The Balaban J connectivity index is 1.88. The molecule has 2 aromatic carbocycles. The third kappa shape index (κ3) is 3.70. The minimum absolute atomic E-state index is 0.395. The van der Waals surface area contributed by atoms with E-state index in [4.69, 9.17) is 4.74 Å². The van der Waals surface area contributed by atoms with Crippen molar-refractivity contribution in [3.05, 3.63) is 92.7 Å². The van der Waals surface area contributed by atoms with Crippen molar-refractivity contribution in [1.29, 1.82) is 0 Å². The summed E-state index contributed by atoms with van der Waals surface area (Å²) in [5.41, 5.74) is 0.960. The number of methoxy groups -OCH3 is 1. The van der Waals surface area contributed by atoms with Gasteiger partial charge in [-0.3, -0.25) is 19.7 Å². The summed E-state index contributed by atoms with van der Waals surface area (Å²) in [6, 6.07) is 19.0. The monoisotopic (exact) mass is 454 g/mol. The smallest absolute Gasteiger partial charge is 0.294 e. The van der Waals surface area contributed by atoms with E-state index in [1.807, 2.05) is 5.38 Å². The second kappa shape index (κ2) is 8.52. The number of carbonyl (C=O) groups excluding carboxylic acids is 2. The molecule has 0 aliphatic carbocycles. The summed E-state index contributed by atoms with van der Waals surface area (Å²) in [4.78, 5) is 40.1. The standard InChI is InChI=1S/C22H18N2O5S2/c1-29-17-11-9-16(10-12-17)24-20(25)22(31-21(24)26,15-6-3-2-4-7-15)18(14-23(27)28)19-8-5-13-30-19/h2-13,18H,14H2,1H3/t18-,22+/m0/s1. The van der Waals surface area contributed by atoms with Crippen LogP contribution < -0.4 is 9.64 Å². The number of nitro groups is 1. The number of amides is 2. The first-order chi connectivity index (χ1) is 15.0. The summed E-state index contributed by atoms with van der Waals surface area (Å²) in [7, 11) is 1.53. The first-order valence-electron chi connectivity index (χ1n) is 9.39. The Morgan fingerprint density at radius 3 is 2.35 bits per heavy atom. The van der Waals surface area contributed by atoms with Crippen molar-refractivity contribution in [3.63, 3.8) is 0 Å². The molecule has 0 N–H and O–H groups in total. The number of thioether (sulfide) groups is 1. The molecule has 9 heteroatoms. The van der Waals surface area contributed by atoms with Gasteiger partial charge in [-0.15, -0.1) is 11.3 Å². The van der Waals surface area contributed by atoms with E-state index in [2.05, 4.69) is 0 Å².